The molecule has 0 atom stereocenters. The lowest BCUT2D eigenvalue weighted by Gasteiger charge is -2.23. The predicted molar refractivity (Wildman–Crippen MR) is 126 cm³/mol. The summed E-state index contributed by atoms with van der Waals surface area (Å²) in [5.74, 6) is -0.264. The van der Waals surface area contributed by atoms with Gasteiger partial charge >= 0.3 is 0 Å². The van der Waals surface area contributed by atoms with Gasteiger partial charge in [0.15, 0.2) is 0 Å². The number of aromatic nitrogens is 3. The highest BCUT2D eigenvalue weighted by atomic mass is 16.2. The third kappa shape index (κ3) is 4.47. The van der Waals surface area contributed by atoms with Crippen molar-refractivity contribution in [1.82, 2.24) is 19.3 Å². The van der Waals surface area contributed by atoms with Crippen molar-refractivity contribution in [1.29, 1.82) is 5.41 Å². The van der Waals surface area contributed by atoms with Crippen LogP contribution in [0.25, 0.3) is 16.7 Å². The van der Waals surface area contributed by atoms with E-state index in [1.165, 1.54) is 10.8 Å². The fourth-order valence-electron chi connectivity index (χ4n) is 4.64. The normalized spacial score (nSPS) is 14.8. The van der Waals surface area contributed by atoms with Gasteiger partial charge in [-0.2, -0.15) is 0 Å². The van der Waals surface area contributed by atoms with Crippen molar-refractivity contribution in [3.05, 3.63) is 51.4 Å². The molecule has 1 amide bonds. The van der Waals surface area contributed by atoms with Crippen molar-refractivity contribution in [2.45, 2.75) is 84.2 Å². The maximum absolute atomic E-state index is 13.4. The largest absolute Gasteiger partial charge is 0.349 e. The van der Waals surface area contributed by atoms with Gasteiger partial charge in [-0.1, -0.05) is 51.5 Å². The summed E-state index contributed by atoms with van der Waals surface area (Å²) in [7, 11) is 0. The molecule has 0 aromatic carbocycles. The minimum absolute atomic E-state index is 0.130. The number of rotatable bonds is 7. The van der Waals surface area contributed by atoms with Crippen molar-refractivity contribution in [3.63, 3.8) is 0 Å². The van der Waals surface area contributed by atoms with Crippen LogP contribution in [0.3, 0.4) is 0 Å². The highest BCUT2D eigenvalue weighted by Gasteiger charge is 2.21. The Bertz CT molecular complexity index is 1250. The van der Waals surface area contributed by atoms with E-state index in [1.807, 2.05) is 19.1 Å². The van der Waals surface area contributed by atoms with Crippen LogP contribution in [0.2, 0.25) is 0 Å². The molecular weight excluding hydrogens is 402 g/mol. The van der Waals surface area contributed by atoms with E-state index in [4.69, 9.17) is 10.4 Å². The van der Waals surface area contributed by atoms with Crippen molar-refractivity contribution in [3.8, 4) is 0 Å². The third-order valence-electron chi connectivity index (χ3n) is 6.48. The van der Waals surface area contributed by atoms with E-state index in [1.54, 1.807) is 16.8 Å². The quantitative estimate of drug-likeness (QED) is 0.433. The van der Waals surface area contributed by atoms with Crippen LogP contribution in [0, 0.1) is 12.3 Å². The predicted octanol–water partition coefficient (Wildman–Crippen LogP) is 4.08. The summed E-state index contributed by atoms with van der Waals surface area (Å²) in [6, 6.07) is 5.46. The summed E-state index contributed by atoms with van der Waals surface area (Å²) in [5.41, 5.74) is 2.17. The van der Waals surface area contributed by atoms with E-state index < -0.39 is 0 Å². The van der Waals surface area contributed by atoms with Crippen LogP contribution in [-0.4, -0.2) is 25.9 Å². The van der Waals surface area contributed by atoms with Gasteiger partial charge in [-0.3, -0.25) is 19.4 Å². The average molecular weight is 436 g/mol. The molecule has 0 unspecified atom stereocenters. The molecule has 1 saturated carbocycles. The van der Waals surface area contributed by atoms with Crippen molar-refractivity contribution in [2.24, 2.45) is 0 Å². The summed E-state index contributed by atoms with van der Waals surface area (Å²) in [6.45, 7) is 4.65. The zero-order valence-corrected chi connectivity index (χ0v) is 19.1. The first-order valence-corrected chi connectivity index (χ1v) is 11.9. The number of carbonyl (C=O) groups excluding carboxylic acids is 1. The summed E-state index contributed by atoms with van der Waals surface area (Å²) < 4.78 is 3.29. The van der Waals surface area contributed by atoms with Crippen molar-refractivity contribution < 1.29 is 4.79 Å². The van der Waals surface area contributed by atoms with Crippen LogP contribution in [-0.2, 0) is 6.54 Å². The number of hydrogen-bond donors (Lipinski definition) is 2. The number of amides is 1. The fraction of sp³-hybridized carbons (Fsp3) is 0.520. The van der Waals surface area contributed by atoms with Crippen LogP contribution < -0.4 is 16.4 Å². The summed E-state index contributed by atoms with van der Waals surface area (Å²) >= 11 is 0. The second-order valence-corrected chi connectivity index (χ2v) is 9.02. The van der Waals surface area contributed by atoms with E-state index in [0.29, 0.717) is 23.2 Å². The molecular formula is C25H33N5O2. The Hall–Kier alpha value is -2.96. The third-order valence-corrected chi connectivity index (χ3v) is 6.48. The number of nitrogens with zero attached hydrogens (tertiary/aromatic N) is 3. The summed E-state index contributed by atoms with van der Waals surface area (Å²) in [6.07, 6.45) is 11.3. The van der Waals surface area contributed by atoms with E-state index >= 15 is 0 Å². The SMILES string of the molecule is CCCCCCn1c(=N)c(C(=O)NC2CCCCC2)cc2c(=O)n3cc(C)ccc3nc21. The topological polar surface area (TPSA) is 92.2 Å². The molecule has 3 heterocycles. The molecule has 0 aliphatic heterocycles. The van der Waals surface area contributed by atoms with Crippen LogP contribution in [0.15, 0.2) is 29.2 Å². The van der Waals surface area contributed by atoms with Gasteiger partial charge in [0.05, 0.1) is 10.9 Å². The lowest BCUT2D eigenvalue weighted by molar-refractivity contribution is 0.0925. The highest BCUT2D eigenvalue weighted by molar-refractivity contribution is 5.97. The number of aryl methyl sites for hydroxylation is 2. The number of unbranched alkanes of at least 4 members (excludes halogenated alkanes) is 3. The first kappa shape index (κ1) is 22.2. The minimum Gasteiger partial charge on any atom is -0.349 e. The molecule has 2 N–H and O–H groups in total. The van der Waals surface area contributed by atoms with Gasteiger partial charge in [0, 0.05) is 18.8 Å². The lowest BCUT2D eigenvalue weighted by Crippen LogP contribution is -2.40. The van der Waals surface area contributed by atoms with E-state index in [9.17, 15) is 9.59 Å². The highest BCUT2D eigenvalue weighted by Crippen LogP contribution is 2.18. The maximum Gasteiger partial charge on any atom is 0.267 e. The summed E-state index contributed by atoms with van der Waals surface area (Å²) in [4.78, 5) is 31.3. The van der Waals surface area contributed by atoms with E-state index in [0.717, 1.165) is 56.9 Å². The average Bonchev–Trinajstić information content (AvgIpc) is 2.79. The monoisotopic (exact) mass is 435 g/mol. The van der Waals surface area contributed by atoms with Gasteiger partial charge < -0.3 is 9.88 Å². The molecule has 1 aliphatic rings. The Kier molecular flexibility index (Phi) is 6.72. The Balaban J connectivity index is 1.84. The molecule has 0 spiro atoms. The van der Waals surface area contributed by atoms with Crippen LogP contribution in [0.1, 0.15) is 80.6 Å². The number of nitrogens with one attached hydrogen (secondary N) is 2. The number of fused-ring (bicyclic) bond motifs is 2. The minimum atomic E-state index is -0.264. The molecule has 170 valence electrons. The lowest BCUT2D eigenvalue weighted by atomic mass is 9.95. The first-order valence-electron chi connectivity index (χ1n) is 11.9. The summed E-state index contributed by atoms with van der Waals surface area (Å²) in [5, 5.41) is 12.3. The number of carbonyl (C=O) groups is 1. The zero-order chi connectivity index (χ0) is 22.7. The number of hydrogen-bond acceptors (Lipinski definition) is 4. The Morgan fingerprint density at radius 3 is 2.72 bits per heavy atom. The molecule has 7 nitrogen and oxygen atoms in total. The van der Waals surface area contributed by atoms with E-state index in [2.05, 4.69) is 12.2 Å². The van der Waals surface area contributed by atoms with E-state index in [-0.39, 0.29) is 28.6 Å². The molecule has 0 saturated heterocycles. The zero-order valence-electron chi connectivity index (χ0n) is 19.1. The van der Waals surface area contributed by atoms with Gasteiger partial charge in [-0.15, -0.1) is 0 Å². The molecule has 0 bridgehead atoms. The molecule has 3 aromatic rings. The Labute approximate surface area is 188 Å². The molecule has 7 heteroatoms. The standard InChI is InChI=1S/C25H33N5O2/c1-3-4-5-9-14-29-22(26)19(24(31)27-18-10-7-6-8-11-18)15-20-23(29)28-21-13-12-17(2)16-30(21)25(20)32/h12-13,15-16,18,26H,3-11,14H2,1-2H3,(H,27,31). The first-order chi connectivity index (χ1) is 15.5. The number of pyridine rings is 2. The fourth-order valence-corrected chi connectivity index (χ4v) is 4.64. The van der Waals surface area contributed by atoms with Crippen LogP contribution in [0.5, 0.6) is 0 Å². The van der Waals surface area contributed by atoms with Gasteiger partial charge in [-0.05, 0) is 43.9 Å². The molecule has 32 heavy (non-hydrogen) atoms. The second-order valence-electron chi connectivity index (χ2n) is 9.02. The molecule has 0 radical (unpaired) electrons. The van der Waals surface area contributed by atoms with Crippen LogP contribution in [0.4, 0.5) is 0 Å². The van der Waals surface area contributed by atoms with Crippen molar-refractivity contribution in [2.75, 3.05) is 0 Å². The van der Waals surface area contributed by atoms with Gasteiger partial charge in [0.25, 0.3) is 11.5 Å². The molecule has 1 fully saturated rings. The maximum atomic E-state index is 13.4. The van der Waals surface area contributed by atoms with Crippen molar-refractivity contribution >= 4 is 22.6 Å². The second kappa shape index (κ2) is 9.67. The smallest absolute Gasteiger partial charge is 0.267 e. The van der Waals surface area contributed by atoms with Gasteiger partial charge in [0.2, 0.25) is 0 Å². The molecule has 3 aromatic heterocycles. The van der Waals surface area contributed by atoms with Gasteiger partial charge in [-0.25, -0.2) is 4.98 Å². The van der Waals surface area contributed by atoms with Crippen LogP contribution >= 0.6 is 0 Å². The van der Waals surface area contributed by atoms with Gasteiger partial charge in [0.1, 0.15) is 16.8 Å². The Morgan fingerprint density at radius 2 is 1.97 bits per heavy atom. The Morgan fingerprint density at radius 1 is 1.19 bits per heavy atom. The molecule has 4 rings (SSSR count). The molecule has 1 aliphatic carbocycles.